The van der Waals surface area contributed by atoms with Crippen LogP contribution in [0.1, 0.15) is 25.3 Å². The van der Waals surface area contributed by atoms with Crippen molar-refractivity contribution < 1.29 is 14.2 Å². The van der Waals surface area contributed by atoms with Crippen molar-refractivity contribution in [1.82, 2.24) is 15.5 Å². The smallest absolute Gasteiger partial charge is 0.203 e. The second kappa shape index (κ2) is 8.77. The lowest BCUT2D eigenvalue weighted by Crippen LogP contribution is -2.56. The van der Waals surface area contributed by atoms with Gasteiger partial charge in [-0.3, -0.25) is 20.5 Å². The molecule has 0 bridgehead atoms. The molecule has 0 saturated carbocycles. The molecular formula is C19H31N5O3. The zero-order valence-electron chi connectivity index (χ0n) is 16.6. The maximum Gasteiger partial charge on any atom is 0.203 e. The van der Waals surface area contributed by atoms with Gasteiger partial charge >= 0.3 is 0 Å². The number of ether oxygens (including phenoxy) is 3. The molecule has 2 heterocycles. The van der Waals surface area contributed by atoms with E-state index >= 15 is 0 Å². The van der Waals surface area contributed by atoms with Crippen molar-refractivity contribution in [3.8, 4) is 17.2 Å². The molecule has 8 heteroatoms. The molecule has 27 heavy (non-hydrogen) atoms. The second-order valence-corrected chi connectivity index (χ2v) is 6.88. The van der Waals surface area contributed by atoms with Crippen LogP contribution in [0.25, 0.3) is 0 Å². The fourth-order valence-corrected chi connectivity index (χ4v) is 3.88. The van der Waals surface area contributed by atoms with Crippen LogP contribution in [-0.2, 0) is 6.42 Å². The number of methoxy groups -OCH3 is 3. The quantitative estimate of drug-likeness (QED) is 0.620. The van der Waals surface area contributed by atoms with Gasteiger partial charge in [0.2, 0.25) is 5.75 Å². The van der Waals surface area contributed by atoms with Crippen molar-refractivity contribution >= 4 is 5.84 Å². The monoisotopic (exact) mass is 377 g/mol. The molecule has 0 aliphatic carbocycles. The minimum Gasteiger partial charge on any atom is -0.493 e. The summed E-state index contributed by atoms with van der Waals surface area (Å²) in [5.74, 6) is 2.62. The van der Waals surface area contributed by atoms with Crippen LogP contribution in [0.2, 0.25) is 0 Å². The SMILES string of the molecule is CCCCN1C(Cc2cc(OC)c(OC)c(OC)c2)NC2C(N)=NCNC21. The Balaban J connectivity index is 1.85. The molecule has 2 aliphatic rings. The van der Waals surface area contributed by atoms with Gasteiger partial charge in [0.05, 0.1) is 46.4 Å². The zero-order chi connectivity index (χ0) is 19.4. The molecule has 150 valence electrons. The van der Waals surface area contributed by atoms with E-state index in [0.29, 0.717) is 29.8 Å². The van der Waals surface area contributed by atoms with Gasteiger partial charge in [-0.15, -0.1) is 0 Å². The summed E-state index contributed by atoms with van der Waals surface area (Å²) in [6, 6.07) is 4.05. The minimum absolute atomic E-state index is 0.0302. The van der Waals surface area contributed by atoms with E-state index in [1.165, 1.54) is 0 Å². The van der Waals surface area contributed by atoms with E-state index < -0.39 is 0 Å². The van der Waals surface area contributed by atoms with E-state index in [2.05, 4.69) is 27.4 Å². The van der Waals surface area contributed by atoms with Crippen molar-refractivity contribution in [2.75, 3.05) is 34.5 Å². The van der Waals surface area contributed by atoms with Crippen molar-refractivity contribution in [3.63, 3.8) is 0 Å². The second-order valence-electron chi connectivity index (χ2n) is 6.88. The fraction of sp³-hybridized carbons (Fsp3) is 0.632. The molecule has 3 unspecified atom stereocenters. The predicted molar refractivity (Wildman–Crippen MR) is 106 cm³/mol. The van der Waals surface area contributed by atoms with Crippen molar-refractivity contribution in [2.24, 2.45) is 10.7 Å². The number of nitrogens with zero attached hydrogens (tertiary/aromatic N) is 2. The van der Waals surface area contributed by atoms with Gasteiger partial charge in [-0.2, -0.15) is 0 Å². The summed E-state index contributed by atoms with van der Waals surface area (Å²) in [5, 5.41) is 7.12. The summed E-state index contributed by atoms with van der Waals surface area (Å²) in [6.45, 7) is 3.77. The molecule has 4 N–H and O–H groups in total. The molecule has 0 spiro atoms. The molecule has 3 rings (SSSR count). The standard InChI is InChI=1S/C19H31N5O3/c1-5-6-7-24-15(23-16-18(20)21-11-22-19(16)24)10-12-8-13(25-2)17(27-4)14(9-12)26-3/h8-9,15-16,19,22-23H,5-7,10-11H2,1-4H3,(H2,20,21). The molecule has 0 radical (unpaired) electrons. The van der Waals surface area contributed by atoms with Crippen LogP contribution in [-0.4, -0.2) is 63.7 Å². The lowest BCUT2D eigenvalue weighted by Gasteiger charge is -2.32. The molecule has 1 saturated heterocycles. The van der Waals surface area contributed by atoms with E-state index in [1.807, 2.05) is 12.1 Å². The number of aliphatic imine (C=N–C) groups is 1. The summed E-state index contributed by atoms with van der Waals surface area (Å²) in [4.78, 5) is 6.80. The van der Waals surface area contributed by atoms with Crippen molar-refractivity contribution in [2.45, 2.75) is 44.6 Å². The normalized spacial score (nSPS) is 25.0. The van der Waals surface area contributed by atoms with Gasteiger partial charge in [0.1, 0.15) is 5.84 Å². The summed E-state index contributed by atoms with van der Waals surface area (Å²) in [7, 11) is 4.89. The third kappa shape index (κ3) is 3.97. The van der Waals surface area contributed by atoms with Gasteiger partial charge in [-0.25, -0.2) is 0 Å². The molecule has 0 amide bonds. The van der Waals surface area contributed by atoms with Crippen molar-refractivity contribution in [3.05, 3.63) is 17.7 Å². The van der Waals surface area contributed by atoms with Gasteiger partial charge in [0, 0.05) is 13.0 Å². The van der Waals surface area contributed by atoms with Gasteiger partial charge in [-0.1, -0.05) is 13.3 Å². The predicted octanol–water partition coefficient (Wildman–Crippen LogP) is 0.899. The van der Waals surface area contributed by atoms with Crippen LogP contribution in [0.4, 0.5) is 0 Å². The average Bonchev–Trinajstić information content (AvgIpc) is 3.03. The van der Waals surface area contributed by atoms with Gasteiger partial charge in [-0.05, 0) is 24.1 Å². The number of nitrogens with one attached hydrogen (secondary N) is 2. The van der Waals surface area contributed by atoms with Gasteiger partial charge < -0.3 is 19.9 Å². The van der Waals surface area contributed by atoms with Crippen LogP contribution < -0.4 is 30.6 Å². The first-order chi connectivity index (χ1) is 13.1. The molecular weight excluding hydrogens is 346 g/mol. The summed E-state index contributed by atoms with van der Waals surface area (Å²) in [6.07, 6.45) is 3.39. The Morgan fingerprint density at radius 2 is 1.89 bits per heavy atom. The number of benzene rings is 1. The number of unbranched alkanes of at least 4 members (excludes halogenated alkanes) is 1. The Morgan fingerprint density at radius 3 is 2.48 bits per heavy atom. The van der Waals surface area contributed by atoms with Gasteiger partial charge in [0.25, 0.3) is 0 Å². The molecule has 1 aromatic rings. The highest BCUT2D eigenvalue weighted by Gasteiger charge is 2.43. The van der Waals surface area contributed by atoms with Crippen LogP contribution in [0.5, 0.6) is 17.2 Å². The number of fused-ring (bicyclic) bond motifs is 1. The summed E-state index contributed by atoms with van der Waals surface area (Å²) < 4.78 is 16.4. The van der Waals surface area contributed by atoms with Crippen LogP contribution >= 0.6 is 0 Å². The summed E-state index contributed by atoms with van der Waals surface area (Å²) in [5.41, 5.74) is 7.27. The molecule has 1 aromatic carbocycles. The maximum absolute atomic E-state index is 6.16. The molecule has 0 aromatic heterocycles. The van der Waals surface area contributed by atoms with E-state index in [4.69, 9.17) is 19.9 Å². The van der Waals surface area contributed by atoms with Gasteiger partial charge in [0.15, 0.2) is 11.5 Å². The number of rotatable bonds is 8. The highest BCUT2D eigenvalue weighted by Crippen LogP contribution is 2.38. The Morgan fingerprint density at radius 1 is 1.19 bits per heavy atom. The Labute approximate surface area is 161 Å². The fourth-order valence-electron chi connectivity index (χ4n) is 3.88. The first-order valence-corrected chi connectivity index (χ1v) is 9.46. The molecule has 3 atom stereocenters. The lowest BCUT2D eigenvalue weighted by atomic mass is 10.1. The van der Waals surface area contributed by atoms with E-state index in [0.717, 1.165) is 31.4 Å². The average molecular weight is 377 g/mol. The van der Waals surface area contributed by atoms with Crippen molar-refractivity contribution in [1.29, 1.82) is 0 Å². The van der Waals surface area contributed by atoms with E-state index in [1.54, 1.807) is 21.3 Å². The third-order valence-electron chi connectivity index (χ3n) is 5.25. The lowest BCUT2D eigenvalue weighted by molar-refractivity contribution is 0.158. The van der Waals surface area contributed by atoms with E-state index in [9.17, 15) is 0 Å². The molecule has 8 nitrogen and oxygen atoms in total. The zero-order valence-corrected chi connectivity index (χ0v) is 16.6. The Kier molecular flexibility index (Phi) is 6.41. The third-order valence-corrected chi connectivity index (χ3v) is 5.25. The number of hydrogen-bond donors (Lipinski definition) is 3. The highest BCUT2D eigenvalue weighted by molar-refractivity contribution is 5.87. The van der Waals surface area contributed by atoms with E-state index in [-0.39, 0.29) is 18.4 Å². The van der Waals surface area contributed by atoms with Crippen LogP contribution in [0.15, 0.2) is 17.1 Å². The molecule has 2 aliphatic heterocycles. The Bertz CT molecular complexity index is 656. The van der Waals surface area contributed by atoms with Crippen LogP contribution in [0.3, 0.4) is 0 Å². The number of hydrogen-bond acceptors (Lipinski definition) is 8. The summed E-state index contributed by atoms with van der Waals surface area (Å²) >= 11 is 0. The highest BCUT2D eigenvalue weighted by atomic mass is 16.5. The number of nitrogens with two attached hydrogens (primary N) is 1. The topological polar surface area (TPSA) is 93.4 Å². The number of amidine groups is 1. The minimum atomic E-state index is 0.0302. The largest absolute Gasteiger partial charge is 0.493 e. The molecule has 1 fully saturated rings. The first kappa shape index (κ1) is 19.7. The first-order valence-electron chi connectivity index (χ1n) is 9.46. The Hall–Kier alpha value is -2.03. The maximum atomic E-state index is 6.16. The van der Waals surface area contributed by atoms with Crippen LogP contribution in [0, 0.1) is 0 Å².